The van der Waals surface area contributed by atoms with E-state index in [0.717, 1.165) is 11.3 Å². The van der Waals surface area contributed by atoms with Crippen LogP contribution in [0.2, 0.25) is 10.0 Å². The molecule has 0 fully saturated rings. The van der Waals surface area contributed by atoms with Gasteiger partial charge in [0, 0.05) is 0 Å². The fourth-order valence-corrected chi connectivity index (χ4v) is 4.43. The van der Waals surface area contributed by atoms with Crippen molar-refractivity contribution in [2.45, 2.75) is 0 Å². The average molecular weight is 477 g/mol. The molecule has 0 aliphatic carbocycles. The molecule has 0 aliphatic rings. The third-order valence-corrected chi connectivity index (χ3v) is 6.38. The van der Waals surface area contributed by atoms with Gasteiger partial charge in [-0.05, 0) is 17.4 Å². The van der Waals surface area contributed by atoms with Crippen molar-refractivity contribution in [1.82, 2.24) is 10.3 Å². The van der Waals surface area contributed by atoms with Crippen molar-refractivity contribution in [3.8, 4) is 17.3 Å². The minimum atomic E-state index is -0.742. The first-order valence-corrected chi connectivity index (χ1v) is 10.1. The number of aryl methyl sites for hydroxylation is 1. The predicted molar refractivity (Wildman–Crippen MR) is 117 cm³/mol. The average Bonchev–Trinajstić information content (AvgIpc) is 3.23. The van der Waals surface area contributed by atoms with Gasteiger partial charge in [-0.2, -0.15) is 5.26 Å². The van der Waals surface area contributed by atoms with Crippen molar-refractivity contribution in [2.75, 3.05) is 16.8 Å². The molecule has 10 nitrogen and oxygen atoms in total. The maximum Gasteiger partial charge on any atom is 0.435 e. The van der Waals surface area contributed by atoms with Gasteiger partial charge in [-0.1, -0.05) is 34.0 Å². The number of rotatable bonds is 3. The number of nitrogen functional groups attached to an aromatic ring is 2. The van der Waals surface area contributed by atoms with Crippen molar-refractivity contribution in [3.63, 3.8) is 0 Å². The number of aromatic amines is 1. The third kappa shape index (κ3) is 3.27. The lowest BCUT2D eigenvalue weighted by molar-refractivity contribution is -0.730. The molecule has 3 heterocycles. The quantitative estimate of drug-likeness (QED) is 0.329. The molecular formula is C18H12Cl2N7O3S+. The van der Waals surface area contributed by atoms with Gasteiger partial charge in [0.05, 0.1) is 32.4 Å². The largest absolute Gasteiger partial charge is 0.435 e. The van der Waals surface area contributed by atoms with Gasteiger partial charge in [0.15, 0.2) is 7.05 Å². The number of aromatic nitrogens is 3. The number of hydrogen-bond acceptors (Lipinski definition) is 8. The van der Waals surface area contributed by atoms with E-state index in [-0.39, 0.29) is 53.5 Å². The summed E-state index contributed by atoms with van der Waals surface area (Å²) in [6, 6.07) is 6.73. The normalized spacial score (nSPS) is 10.9. The van der Waals surface area contributed by atoms with Gasteiger partial charge in [0.1, 0.15) is 27.2 Å². The maximum atomic E-state index is 12.9. The summed E-state index contributed by atoms with van der Waals surface area (Å²) in [5.41, 5.74) is 11.9. The van der Waals surface area contributed by atoms with Crippen LogP contribution in [0.5, 0.6) is 0 Å². The van der Waals surface area contributed by atoms with Gasteiger partial charge in [-0.3, -0.25) is 9.32 Å². The zero-order chi connectivity index (χ0) is 22.4. The molecule has 156 valence electrons. The number of carbonyl (C=O) groups excluding carboxylic acids is 1. The number of thiophene rings is 1. The standard InChI is InChI=1S/C18H11Cl2N7O3S/c1-27-13(18(29)30-26-27)9-6(5-21)15(23)25-17-10(9)12(22)14(31-17)16(28)24-8-4-2-3-7(19)11(8)20/h2-4H,1H3,(H5-,22,23,24,25,26,28,29)/p+1. The highest BCUT2D eigenvalue weighted by atomic mass is 35.5. The SMILES string of the molecule is C[n+]1[nH]oc(=O)c1-c1c(C#N)c(N)nc2sc(C(=O)Nc3cccc(Cl)c3Cl)c(N)c12. The molecule has 0 saturated heterocycles. The molecular weight excluding hydrogens is 465 g/mol. The van der Waals surface area contributed by atoms with Crippen molar-refractivity contribution < 1.29 is 14.0 Å². The summed E-state index contributed by atoms with van der Waals surface area (Å²) in [7, 11) is 1.52. The highest BCUT2D eigenvalue weighted by Gasteiger charge is 2.32. The summed E-state index contributed by atoms with van der Waals surface area (Å²) in [5.74, 6) is -0.685. The van der Waals surface area contributed by atoms with E-state index >= 15 is 0 Å². The van der Waals surface area contributed by atoms with Crippen LogP contribution in [0.3, 0.4) is 0 Å². The van der Waals surface area contributed by atoms with Gasteiger partial charge in [-0.15, -0.1) is 11.3 Å². The van der Waals surface area contributed by atoms with Crippen molar-refractivity contribution in [3.05, 3.63) is 49.1 Å². The Bertz CT molecular complexity index is 1480. The Kier molecular flexibility index (Phi) is 5.06. The smallest absolute Gasteiger partial charge is 0.397 e. The topological polar surface area (TPSA) is 168 Å². The fraction of sp³-hybridized carbons (Fsp3) is 0.0556. The number of anilines is 3. The number of pyridine rings is 1. The minimum absolute atomic E-state index is 0.00462. The second-order valence-corrected chi connectivity index (χ2v) is 8.11. The zero-order valence-corrected chi connectivity index (χ0v) is 17.9. The second kappa shape index (κ2) is 7.59. The number of hydrogen-bond donors (Lipinski definition) is 4. The molecule has 0 radical (unpaired) electrons. The molecule has 3 aromatic heterocycles. The molecule has 1 amide bonds. The Morgan fingerprint density at radius 3 is 2.77 bits per heavy atom. The van der Waals surface area contributed by atoms with Crippen LogP contribution in [0.1, 0.15) is 15.2 Å². The van der Waals surface area contributed by atoms with E-state index in [1.807, 2.05) is 6.07 Å². The summed E-state index contributed by atoms with van der Waals surface area (Å²) in [5, 5.41) is 15.3. The Morgan fingerprint density at radius 1 is 1.39 bits per heavy atom. The van der Waals surface area contributed by atoms with E-state index in [4.69, 9.17) is 39.2 Å². The molecule has 13 heteroatoms. The number of nitriles is 1. The van der Waals surface area contributed by atoms with Crippen LogP contribution >= 0.6 is 34.5 Å². The Labute approximate surface area is 187 Å². The number of carbonyl (C=O) groups is 1. The first kappa shape index (κ1) is 20.7. The Morgan fingerprint density at radius 2 is 2.13 bits per heavy atom. The summed E-state index contributed by atoms with van der Waals surface area (Å²) < 4.78 is 6.08. The first-order valence-electron chi connectivity index (χ1n) is 8.49. The van der Waals surface area contributed by atoms with Gasteiger partial charge >= 0.3 is 11.3 Å². The highest BCUT2D eigenvalue weighted by Crippen LogP contribution is 2.41. The monoisotopic (exact) mass is 476 g/mol. The molecule has 0 saturated carbocycles. The lowest BCUT2D eigenvalue weighted by Gasteiger charge is -2.07. The number of halogens is 2. The molecule has 0 aliphatic heterocycles. The van der Waals surface area contributed by atoms with Gasteiger partial charge in [0.25, 0.3) is 5.91 Å². The van der Waals surface area contributed by atoms with E-state index < -0.39 is 11.5 Å². The number of nitrogens with two attached hydrogens (primary N) is 2. The van der Waals surface area contributed by atoms with E-state index in [1.54, 1.807) is 18.2 Å². The van der Waals surface area contributed by atoms with Gasteiger partial charge in [-0.25, -0.2) is 9.78 Å². The molecule has 4 rings (SSSR count). The maximum absolute atomic E-state index is 12.9. The van der Waals surface area contributed by atoms with Crippen LogP contribution in [-0.4, -0.2) is 16.2 Å². The van der Waals surface area contributed by atoms with Crippen molar-refractivity contribution >= 4 is 67.9 Å². The van der Waals surface area contributed by atoms with Crippen molar-refractivity contribution in [1.29, 1.82) is 5.26 Å². The highest BCUT2D eigenvalue weighted by molar-refractivity contribution is 7.21. The van der Waals surface area contributed by atoms with E-state index in [2.05, 4.69) is 15.6 Å². The molecule has 1 aromatic carbocycles. The summed E-state index contributed by atoms with van der Waals surface area (Å²) >= 11 is 13.1. The molecule has 6 N–H and O–H groups in total. The third-order valence-electron chi connectivity index (χ3n) is 4.46. The van der Waals surface area contributed by atoms with Crippen LogP contribution in [-0.2, 0) is 7.05 Å². The Hall–Kier alpha value is -3.59. The molecule has 0 atom stereocenters. The molecule has 0 bridgehead atoms. The number of nitrogens with zero attached hydrogens (tertiary/aromatic N) is 3. The summed E-state index contributed by atoms with van der Waals surface area (Å²) in [6.45, 7) is 0. The fourth-order valence-electron chi connectivity index (χ4n) is 3.08. The number of H-pyrrole nitrogens is 1. The van der Waals surface area contributed by atoms with Crippen LogP contribution in [0, 0.1) is 11.3 Å². The van der Waals surface area contributed by atoms with Crippen LogP contribution in [0.15, 0.2) is 27.5 Å². The lowest BCUT2D eigenvalue weighted by atomic mass is 10.0. The predicted octanol–water partition coefficient (Wildman–Crippen LogP) is 2.66. The number of amides is 1. The van der Waals surface area contributed by atoms with E-state index in [1.165, 1.54) is 11.7 Å². The lowest BCUT2D eigenvalue weighted by Crippen LogP contribution is -2.34. The van der Waals surface area contributed by atoms with E-state index in [9.17, 15) is 14.9 Å². The van der Waals surface area contributed by atoms with Gasteiger partial charge in [0.2, 0.25) is 0 Å². The number of fused-ring (bicyclic) bond motifs is 1. The van der Waals surface area contributed by atoms with Crippen LogP contribution < -0.4 is 27.1 Å². The first-order chi connectivity index (χ1) is 14.7. The number of nitrogens with one attached hydrogen (secondary N) is 2. The molecule has 31 heavy (non-hydrogen) atoms. The molecule has 4 aromatic rings. The van der Waals surface area contributed by atoms with Crippen LogP contribution in [0.25, 0.3) is 21.5 Å². The van der Waals surface area contributed by atoms with E-state index in [0.29, 0.717) is 5.69 Å². The molecule has 0 spiro atoms. The summed E-state index contributed by atoms with van der Waals surface area (Å²) in [4.78, 5) is 29.8. The zero-order valence-electron chi connectivity index (χ0n) is 15.6. The second-order valence-electron chi connectivity index (χ2n) is 6.33. The minimum Gasteiger partial charge on any atom is -0.397 e. The van der Waals surface area contributed by atoms with Gasteiger partial charge < -0.3 is 16.8 Å². The Balaban J connectivity index is 1.95. The van der Waals surface area contributed by atoms with Crippen molar-refractivity contribution in [2.24, 2.45) is 7.05 Å². The number of benzene rings is 1. The summed E-state index contributed by atoms with van der Waals surface area (Å²) in [6.07, 6.45) is 0. The van der Waals surface area contributed by atoms with Crippen LogP contribution in [0.4, 0.5) is 17.2 Å². The molecule has 0 unspecified atom stereocenters.